The van der Waals surface area contributed by atoms with Crippen molar-refractivity contribution in [1.29, 1.82) is 5.26 Å². The summed E-state index contributed by atoms with van der Waals surface area (Å²) in [5, 5.41) is 13.2. The molecular weight excluding hydrogens is 510 g/mol. The minimum atomic E-state index is -0.871. The third-order valence-corrected chi connectivity index (χ3v) is 4.91. The van der Waals surface area contributed by atoms with E-state index in [1.165, 1.54) is 25.6 Å². The van der Waals surface area contributed by atoms with Gasteiger partial charge >= 0.3 is 30.1 Å². The largest absolute Gasteiger partial charge is 0.465 e. The molecule has 0 aliphatic rings. The molecule has 2 amide bonds. The summed E-state index contributed by atoms with van der Waals surface area (Å²) in [5.74, 6) is -1.12. The number of carbonyl (C=O) groups is 5. The van der Waals surface area contributed by atoms with E-state index in [1.54, 1.807) is 0 Å². The van der Waals surface area contributed by atoms with E-state index in [0.717, 1.165) is 0 Å². The number of rotatable bonds is 18. The quantitative estimate of drug-likeness (QED) is 0.111. The number of amides is 2. The molecule has 0 aromatic carbocycles. The predicted octanol–water partition coefficient (Wildman–Crippen LogP) is 1.63. The van der Waals surface area contributed by atoms with E-state index in [-0.39, 0.29) is 69.3 Å². The molecule has 13 nitrogen and oxygen atoms in total. The summed E-state index contributed by atoms with van der Waals surface area (Å²) in [5.41, 5.74) is 0.445. The Morgan fingerprint density at radius 1 is 0.865 bits per heavy atom. The number of nitrogens with zero attached hydrogens (tertiary/aromatic N) is 1. The van der Waals surface area contributed by atoms with Crippen molar-refractivity contribution in [3.63, 3.8) is 0 Å². The van der Waals surface area contributed by atoms with Crippen LogP contribution in [0.15, 0.2) is 24.3 Å². The van der Waals surface area contributed by atoms with Crippen LogP contribution in [0.1, 0.15) is 26.7 Å². The summed E-state index contributed by atoms with van der Waals surface area (Å²) in [6.07, 6.45) is -2.34. The first-order valence-electron chi connectivity index (χ1n) is 11.2. The van der Waals surface area contributed by atoms with Crippen LogP contribution in [0.5, 0.6) is 0 Å². The van der Waals surface area contributed by atoms with Crippen molar-refractivity contribution in [2.45, 2.75) is 32.8 Å². The van der Waals surface area contributed by atoms with Gasteiger partial charge in [-0.25, -0.2) is 19.2 Å². The molecule has 0 aliphatic carbocycles. The summed E-state index contributed by atoms with van der Waals surface area (Å²) in [6.45, 7) is 9.38. The van der Waals surface area contributed by atoms with Gasteiger partial charge in [0.1, 0.15) is 32.5 Å². The van der Waals surface area contributed by atoms with E-state index in [9.17, 15) is 24.0 Å². The number of thioether (sulfide) groups is 1. The molecule has 0 aromatic rings. The first-order chi connectivity index (χ1) is 17.6. The minimum Gasteiger partial charge on any atom is -0.465 e. The fourth-order valence-electron chi connectivity index (χ4n) is 2.02. The summed E-state index contributed by atoms with van der Waals surface area (Å²) in [4.78, 5) is 58.2. The van der Waals surface area contributed by atoms with Crippen LogP contribution in [0.3, 0.4) is 0 Å². The maximum Gasteiger partial charge on any atom is 0.407 e. The van der Waals surface area contributed by atoms with E-state index in [2.05, 4.69) is 23.8 Å². The SMILES string of the molecule is C=C(C)C(=O)OCCNC(=O)OCC(CSCCC(=O)OCCC#N)OC(=O)NCCOC(=O)C(=C)C. The Hall–Kier alpha value is -3.73. The van der Waals surface area contributed by atoms with Crippen LogP contribution in [-0.2, 0) is 38.1 Å². The standard InChI is InChI=1S/C23H33N3O10S/c1-16(2)20(28)33-11-8-25-22(30)35-14-18(15-37-13-6-19(27)32-10-5-7-24)36-23(31)26-9-12-34-21(29)17(3)4/h18H,1,3,5-6,8-15H2,2,4H3,(H,25,30)(H,26,31). The molecule has 0 fully saturated rings. The fraction of sp³-hybridized carbons (Fsp3) is 0.565. The Morgan fingerprint density at radius 2 is 1.43 bits per heavy atom. The number of alkyl carbamates (subject to hydrolysis) is 2. The van der Waals surface area contributed by atoms with E-state index in [4.69, 9.17) is 28.9 Å². The van der Waals surface area contributed by atoms with Crippen LogP contribution in [0.4, 0.5) is 9.59 Å². The highest BCUT2D eigenvalue weighted by Gasteiger charge is 2.18. The van der Waals surface area contributed by atoms with Gasteiger partial charge in [0.05, 0.1) is 32.0 Å². The summed E-state index contributed by atoms with van der Waals surface area (Å²) >= 11 is 1.26. The zero-order valence-corrected chi connectivity index (χ0v) is 21.8. The number of carbonyl (C=O) groups excluding carboxylic acids is 5. The molecule has 37 heavy (non-hydrogen) atoms. The van der Waals surface area contributed by atoms with Crippen molar-refractivity contribution in [2.75, 3.05) is 51.0 Å². The van der Waals surface area contributed by atoms with Gasteiger partial charge in [-0.05, 0) is 13.8 Å². The zero-order chi connectivity index (χ0) is 28.1. The monoisotopic (exact) mass is 543 g/mol. The lowest BCUT2D eigenvalue weighted by Crippen LogP contribution is -2.37. The van der Waals surface area contributed by atoms with Gasteiger partial charge < -0.3 is 34.3 Å². The number of hydrogen-bond donors (Lipinski definition) is 2. The number of nitriles is 1. The second-order valence-corrected chi connectivity index (χ2v) is 8.42. The number of ether oxygens (including phenoxy) is 5. The van der Waals surface area contributed by atoms with Crippen LogP contribution in [-0.4, -0.2) is 87.2 Å². The second kappa shape index (κ2) is 20.5. The molecule has 0 aliphatic heterocycles. The molecule has 0 aromatic heterocycles. The molecule has 2 N–H and O–H groups in total. The molecule has 0 radical (unpaired) electrons. The molecular formula is C23H33N3O10S. The van der Waals surface area contributed by atoms with Crippen molar-refractivity contribution in [3.05, 3.63) is 24.3 Å². The van der Waals surface area contributed by atoms with Crippen molar-refractivity contribution in [3.8, 4) is 6.07 Å². The fourth-order valence-corrected chi connectivity index (χ4v) is 2.93. The Bertz CT molecular complexity index is 856. The molecule has 0 bridgehead atoms. The summed E-state index contributed by atoms with van der Waals surface area (Å²) < 4.78 is 24.9. The normalized spacial score (nSPS) is 10.6. The van der Waals surface area contributed by atoms with Crippen LogP contribution < -0.4 is 10.6 Å². The molecule has 1 unspecified atom stereocenters. The Morgan fingerprint density at radius 3 is 1.97 bits per heavy atom. The van der Waals surface area contributed by atoms with Crippen molar-refractivity contribution in [2.24, 2.45) is 0 Å². The molecule has 0 saturated heterocycles. The smallest absolute Gasteiger partial charge is 0.407 e. The van der Waals surface area contributed by atoms with Gasteiger partial charge in [0.25, 0.3) is 0 Å². The molecule has 0 saturated carbocycles. The highest BCUT2D eigenvalue weighted by atomic mass is 32.2. The first kappa shape index (κ1) is 33.3. The Balaban J connectivity index is 4.54. The van der Waals surface area contributed by atoms with Gasteiger partial charge in [-0.15, -0.1) is 0 Å². The summed E-state index contributed by atoms with van der Waals surface area (Å²) in [6, 6.07) is 1.86. The lowest BCUT2D eigenvalue weighted by molar-refractivity contribution is -0.143. The van der Waals surface area contributed by atoms with Crippen LogP contribution >= 0.6 is 11.8 Å². The van der Waals surface area contributed by atoms with E-state index >= 15 is 0 Å². The Kier molecular flexibility index (Phi) is 18.4. The third-order valence-electron chi connectivity index (χ3n) is 3.81. The number of esters is 3. The average Bonchev–Trinajstić information content (AvgIpc) is 2.85. The Labute approximate surface area is 219 Å². The van der Waals surface area contributed by atoms with E-state index in [1.807, 2.05) is 6.07 Å². The van der Waals surface area contributed by atoms with Gasteiger partial charge in [-0.3, -0.25) is 4.79 Å². The van der Waals surface area contributed by atoms with Crippen LogP contribution in [0.2, 0.25) is 0 Å². The minimum absolute atomic E-state index is 0.00453. The molecule has 0 heterocycles. The van der Waals surface area contributed by atoms with Crippen LogP contribution in [0, 0.1) is 11.3 Å². The highest BCUT2D eigenvalue weighted by Crippen LogP contribution is 2.10. The van der Waals surface area contributed by atoms with Gasteiger partial charge in [-0.1, -0.05) is 13.2 Å². The summed E-state index contributed by atoms with van der Waals surface area (Å²) in [7, 11) is 0. The maximum absolute atomic E-state index is 12.1. The van der Waals surface area contributed by atoms with E-state index in [0.29, 0.717) is 5.75 Å². The maximum atomic E-state index is 12.1. The van der Waals surface area contributed by atoms with Crippen LogP contribution in [0.25, 0.3) is 0 Å². The third kappa shape index (κ3) is 19.2. The molecule has 0 spiro atoms. The topological polar surface area (TPSA) is 179 Å². The van der Waals surface area contributed by atoms with Crippen molar-refractivity contribution >= 4 is 41.9 Å². The average molecular weight is 544 g/mol. The zero-order valence-electron chi connectivity index (χ0n) is 21.0. The van der Waals surface area contributed by atoms with Crippen molar-refractivity contribution < 1.29 is 47.7 Å². The first-order valence-corrected chi connectivity index (χ1v) is 12.3. The predicted molar refractivity (Wildman–Crippen MR) is 132 cm³/mol. The molecule has 14 heteroatoms. The molecule has 206 valence electrons. The van der Waals surface area contributed by atoms with Gasteiger partial charge in [-0.2, -0.15) is 17.0 Å². The highest BCUT2D eigenvalue weighted by molar-refractivity contribution is 7.99. The number of hydrogen-bond acceptors (Lipinski definition) is 12. The van der Waals surface area contributed by atoms with Crippen molar-refractivity contribution in [1.82, 2.24) is 10.6 Å². The lowest BCUT2D eigenvalue weighted by Gasteiger charge is -2.18. The lowest BCUT2D eigenvalue weighted by atomic mass is 10.4. The molecule has 1 atom stereocenters. The number of nitrogens with one attached hydrogen (secondary N) is 2. The van der Waals surface area contributed by atoms with Gasteiger partial charge in [0, 0.05) is 22.7 Å². The molecule has 0 rings (SSSR count). The van der Waals surface area contributed by atoms with Gasteiger partial charge in [0.2, 0.25) is 0 Å². The van der Waals surface area contributed by atoms with Gasteiger partial charge in [0.15, 0.2) is 0 Å². The second-order valence-electron chi connectivity index (χ2n) is 7.27. The van der Waals surface area contributed by atoms with E-state index < -0.39 is 36.2 Å².